The summed E-state index contributed by atoms with van der Waals surface area (Å²) in [5.41, 5.74) is 0.484. The van der Waals surface area contributed by atoms with E-state index in [1.54, 1.807) is 23.1 Å². The van der Waals surface area contributed by atoms with E-state index in [-0.39, 0.29) is 18.1 Å². The molecule has 0 bridgehead atoms. The van der Waals surface area contributed by atoms with Crippen LogP contribution in [0.2, 0.25) is 0 Å². The van der Waals surface area contributed by atoms with Crippen LogP contribution in [0, 0.1) is 0 Å². The number of carbonyl (C=O) groups excluding carboxylic acids is 1. The zero-order valence-electron chi connectivity index (χ0n) is 15.0. The van der Waals surface area contributed by atoms with Gasteiger partial charge in [0.15, 0.2) is 18.1 Å². The van der Waals surface area contributed by atoms with Crippen molar-refractivity contribution in [2.45, 2.75) is 19.1 Å². The van der Waals surface area contributed by atoms with Gasteiger partial charge in [0.05, 0.1) is 25.4 Å². The predicted octanol–water partition coefficient (Wildman–Crippen LogP) is 0.704. The predicted molar refractivity (Wildman–Crippen MR) is 92.8 cm³/mol. The molecule has 0 spiro atoms. The second kappa shape index (κ2) is 7.92. The van der Waals surface area contributed by atoms with E-state index < -0.39 is 12.6 Å². The van der Waals surface area contributed by atoms with Crippen molar-refractivity contribution in [1.29, 1.82) is 0 Å². The lowest BCUT2D eigenvalue weighted by Gasteiger charge is -2.33. The average Bonchev–Trinajstić information content (AvgIpc) is 3.06. The fraction of sp³-hybridized carbons (Fsp3) is 0.556. The SMILES string of the molecule is CCOc1cc(C(=O)N2C[C@@H]3OCCN(C)[C@@H]3C2)ccc1OCC(=O)O. The van der Waals surface area contributed by atoms with Crippen molar-refractivity contribution < 1.29 is 28.9 Å². The fourth-order valence-electron chi connectivity index (χ4n) is 3.37. The number of hydrogen-bond acceptors (Lipinski definition) is 6. The highest BCUT2D eigenvalue weighted by atomic mass is 16.5. The van der Waals surface area contributed by atoms with Crippen LogP contribution in [0.1, 0.15) is 17.3 Å². The van der Waals surface area contributed by atoms with Crippen molar-refractivity contribution in [2.75, 3.05) is 46.5 Å². The molecule has 2 aliphatic heterocycles. The second-order valence-electron chi connectivity index (χ2n) is 6.44. The highest BCUT2D eigenvalue weighted by Gasteiger charge is 2.40. The Kier molecular flexibility index (Phi) is 5.63. The van der Waals surface area contributed by atoms with Gasteiger partial charge in [-0.3, -0.25) is 9.69 Å². The molecule has 26 heavy (non-hydrogen) atoms. The number of amides is 1. The normalized spacial score (nSPS) is 22.8. The van der Waals surface area contributed by atoms with Crippen LogP contribution in [0.4, 0.5) is 0 Å². The van der Waals surface area contributed by atoms with Crippen molar-refractivity contribution in [3.8, 4) is 11.5 Å². The van der Waals surface area contributed by atoms with Gasteiger partial charge in [-0.15, -0.1) is 0 Å². The van der Waals surface area contributed by atoms with Crippen LogP contribution < -0.4 is 9.47 Å². The summed E-state index contributed by atoms with van der Waals surface area (Å²) < 4.78 is 16.5. The number of carboxylic acids is 1. The molecule has 0 unspecified atom stereocenters. The van der Waals surface area contributed by atoms with Gasteiger partial charge in [0.2, 0.25) is 0 Å². The molecule has 8 heteroatoms. The number of fused-ring (bicyclic) bond motifs is 1. The number of nitrogens with zero attached hydrogens (tertiary/aromatic N) is 2. The first-order valence-electron chi connectivity index (χ1n) is 8.72. The molecule has 1 aromatic carbocycles. The number of rotatable bonds is 6. The third kappa shape index (κ3) is 3.91. The Hall–Kier alpha value is -2.32. The maximum atomic E-state index is 12.9. The average molecular weight is 364 g/mol. The number of likely N-dealkylation sites (tertiary alicyclic amines) is 1. The van der Waals surface area contributed by atoms with Crippen molar-refractivity contribution in [3.05, 3.63) is 23.8 Å². The Balaban J connectivity index is 1.74. The summed E-state index contributed by atoms with van der Waals surface area (Å²) in [5.74, 6) is -0.493. The van der Waals surface area contributed by atoms with Gasteiger partial charge < -0.3 is 24.2 Å². The number of aliphatic carboxylic acids is 1. The second-order valence-corrected chi connectivity index (χ2v) is 6.44. The lowest BCUT2D eigenvalue weighted by atomic mass is 10.1. The fourth-order valence-corrected chi connectivity index (χ4v) is 3.37. The number of ether oxygens (including phenoxy) is 3. The summed E-state index contributed by atoms with van der Waals surface area (Å²) >= 11 is 0. The highest BCUT2D eigenvalue weighted by Crippen LogP contribution is 2.30. The first-order chi connectivity index (χ1) is 12.5. The molecule has 8 nitrogen and oxygen atoms in total. The van der Waals surface area contributed by atoms with Gasteiger partial charge in [-0.05, 0) is 32.2 Å². The Bertz CT molecular complexity index is 680. The van der Waals surface area contributed by atoms with E-state index in [0.717, 1.165) is 6.54 Å². The molecular formula is C18H24N2O6. The molecule has 2 fully saturated rings. The van der Waals surface area contributed by atoms with Crippen LogP contribution in [0.15, 0.2) is 18.2 Å². The van der Waals surface area contributed by atoms with E-state index in [9.17, 15) is 9.59 Å². The largest absolute Gasteiger partial charge is 0.490 e. The summed E-state index contributed by atoms with van der Waals surface area (Å²) in [5, 5.41) is 8.76. The molecule has 1 N–H and O–H groups in total. The Morgan fingerprint density at radius 1 is 1.27 bits per heavy atom. The third-order valence-corrected chi connectivity index (χ3v) is 4.71. The van der Waals surface area contributed by atoms with E-state index in [4.69, 9.17) is 19.3 Å². The van der Waals surface area contributed by atoms with Gasteiger partial charge in [-0.25, -0.2) is 4.79 Å². The van der Waals surface area contributed by atoms with Crippen LogP contribution >= 0.6 is 0 Å². The Morgan fingerprint density at radius 3 is 2.77 bits per heavy atom. The minimum atomic E-state index is -1.07. The molecule has 0 radical (unpaired) electrons. The van der Waals surface area contributed by atoms with Crippen molar-refractivity contribution in [2.24, 2.45) is 0 Å². The lowest BCUT2D eigenvalue weighted by Crippen LogP contribution is -2.48. The monoisotopic (exact) mass is 364 g/mol. The van der Waals surface area contributed by atoms with E-state index in [1.165, 1.54) is 0 Å². The molecule has 142 valence electrons. The topological polar surface area (TPSA) is 88.5 Å². The van der Waals surface area contributed by atoms with Crippen molar-refractivity contribution in [1.82, 2.24) is 9.80 Å². The quantitative estimate of drug-likeness (QED) is 0.795. The summed E-state index contributed by atoms with van der Waals surface area (Å²) in [6.45, 7) is 4.47. The molecule has 2 aliphatic rings. The minimum absolute atomic E-state index is 0.0437. The standard InChI is InChI=1S/C18H24N2O6/c1-3-24-15-8-12(4-5-14(15)26-11-17(21)22)18(23)20-9-13-16(10-20)25-7-6-19(13)2/h4-5,8,13,16H,3,6-7,9-11H2,1-2H3,(H,21,22)/t13-,16+/m1/s1. The maximum Gasteiger partial charge on any atom is 0.341 e. The van der Waals surface area contributed by atoms with Crippen molar-refractivity contribution >= 4 is 11.9 Å². The van der Waals surface area contributed by atoms with Gasteiger partial charge in [0.25, 0.3) is 5.91 Å². The summed E-state index contributed by atoms with van der Waals surface area (Å²) in [6.07, 6.45) is 0.0437. The number of carboxylic acid groups (broad SMARTS) is 1. The zero-order valence-corrected chi connectivity index (χ0v) is 15.0. The summed E-state index contributed by atoms with van der Waals surface area (Å²) in [6, 6.07) is 5.04. The van der Waals surface area contributed by atoms with E-state index in [0.29, 0.717) is 43.4 Å². The number of likely N-dealkylation sites (N-methyl/N-ethyl adjacent to an activating group) is 1. The van der Waals surface area contributed by atoms with Gasteiger partial charge in [-0.1, -0.05) is 0 Å². The number of morpholine rings is 1. The Morgan fingerprint density at radius 2 is 2.08 bits per heavy atom. The van der Waals surface area contributed by atoms with Gasteiger partial charge >= 0.3 is 5.97 Å². The van der Waals surface area contributed by atoms with Crippen LogP contribution in [-0.4, -0.2) is 85.4 Å². The number of carbonyl (C=O) groups is 2. The van der Waals surface area contributed by atoms with Gasteiger partial charge in [0, 0.05) is 25.2 Å². The molecule has 0 aliphatic carbocycles. The van der Waals surface area contributed by atoms with E-state index >= 15 is 0 Å². The molecule has 1 amide bonds. The molecule has 2 heterocycles. The zero-order chi connectivity index (χ0) is 18.7. The maximum absolute atomic E-state index is 12.9. The summed E-state index contributed by atoms with van der Waals surface area (Å²) in [4.78, 5) is 27.6. The van der Waals surface area contributed by atoms with E-state index in [1.807, 2.05) is 6.92 Å². The van der Waals surface area contributed by atoms with E-state index in [2.05, 4.69) is 11.9 Å². The summed E-state index contributed by atoms with van der Waals surface area (Å²) in [7, 11) is 2.05. The van der Waals surface area contributed by atoms with Crippen LogP contribution in [-0.2, 0) is 9.53 Å². The third-order valence-electron chi connectivity index (χ3n) is 4.71. The molecule has 0 saturated carbocycles. The molecule has 1 aromatic rings. The lowest BCUT2D eigenvalue weighted by molar-refractivity contribution is -0.139. The molecule has 2 atom stereocenters. The number of benzene rings is 1. The molecular weight excluding hydrogens is 340 g/mol. The molecule has 0 aromatic heterocycles. The first kappa shape index (κ1) is 18.5. The first-order valence-corrected chi connectivity index (χ1v) is 8.72. The smallest absolute Gasteiger partial charge is 0.341 e. The van der Waals surface area contributed by atoms with Crippen LogP contribution in [0.5, 0.6) is 11.5 Å². The minimum Gasteiger partial charge on any atom is -0.490 e. The van der Waals surface area contributed by atoms with Crippen LogP contribution in [0.25, 0.3) is 0 Å². The van der Waals surface area contributed by atoms with Gasteiger partial charge in [0.1, 0.15) is 0 Å². The number of hydrogen-bond donors (Lipinski definition) is 1. The van der Waals surface area contributed by atoms with Crippen molar-refractivity contribution in [3.63, 3.8) is 0 Å². The highest BCUT2D eigenvalue weighted by molar-refractivity contribution is 5.95. The van der Waals surface area contributed by atoms with Gasteiger partial charge in [-0.2, -0.15) is 0 Å². The molecule has 3 rings (SSSR count). The van der Waals surface area contributed by atoms with Crippen LogP contribution in [0.3, 0.4) is 0 Å². The molecule has 2 saturated heterocycles. The Labute approximate surface area is 152 Å².